The van der Waals surface area contributed by atoms with Crippen LogP contribution in [0, 0.1) is 6.92 Å². The first kappa shape index (κ1) is 18.8. The molecule has 0 heterocycles. The van der Waals surface area contributed by atoms with Gasteiger partial charge < -0.3 is 9.47 Å². The van der Waals surface area contributed by atoms with Gasteiger partial charge in [0.15, 0.2) is 6.10 Å². The van der Waals surface area contributed by atoms with Crippen LogP contribution in [0.4, 0.5) is 0 Å². The minimum atomic E-state index is -0.527. The van der Waals surface area contributed by atoms with Gasteiger partial charge in [0.2, 0.25) is 0 Å². The topological polar surface area (TPSA) is 35.5 Å². The van der Waals surface area contributed by atoms with Crippen molar-refractivity contribution in [2.45, 2.75) is 13.0 Å². The number of ether oxygens (including phenoxy) is 2. The van der Waals surface area contributed by atoms with Crippen LogP contribution < -0.4 is 4.74 Å². The van der Waals surface area contributed by atoms with E-state index in [0.717, 1.165) is 38.4 Å². The molecule has 4 aromatic rings. The van der Waals surface area contributed by atoms with Crippen molar-refractivity contribution in [2.75, 3.05) is 6.61 Å². The van der Waals surface area contributed by atoms with Crippen molar-refractivity contribution in [1.29, 1.82) is 0 Å². The van der Waals surface area contributed by atoms with Crippen LogP contribution in [0.3, 0.4) is 0 Å². The van der Waals surface area contributed by atoms with Gasteiger partial charge in [0.1, 0.15) is 12.4 Å². The smallest absolute Gasteiger partial charge is 0.330 e. The molecule has 0 N–H and O–H groups in total. The highest BCUT2D eigenvalue weighted by atomic mass is 16.6. The number of benzene rings is 4. The van der Waals surface area contributed by atoms with Crippen LogP contribution in [0.5, 0.6) is 5.75 Å². The fourth-order valence-electron chi connectivity index (χ4n) is 3.50. The Hall–Kier alpha value is -3.59. The number of aryl methyl sites for hydroxylation is 1. The van der Waals surface area contributed by atoms with Crippen LogP contribution in [0.25, 0.3) is 21.5 Å². The number of carbonyl (C=O) groups excluding carboxylic acids is 1. The molecule has 1 unspecified atom stereocenters. The highest BCUT2D eigenvalue weighted by molar-refractivity contribution is 6.05. The van der Waals surface area contributed by atoms with Crippen LogP contribution >= 0.6 is 0 Å². The Bertz CT molecular complexity index is 1180. The van der Waals surface area contributed by atoms with Crippen LogP contribution in [0.1, 0.15) is 17.2 Å². The van der Waals surface area contributed by atoms with Gasteiger partial charge in [-0.15, -0.1) is 0 Å². The number of esters is 1. The van der Waals surface area contributed by atoms with E-state index in [1.54, 1.807) is 0 Å². The van der Waals surface area contributed by atoms with Crippen LogP contribution in [0.15, 0.2) is 91.5 Å². The Morgan fingerprint density at radius 3 is 2.45 bits per heavy atom. The molecule has 0 amide bonds. The molecule has 0 aliphatic rings. The number of carbonyl (C=O) groups is 1. The summed E-state index contributed by atoms with van der Waals surface area (Å²) in [4.78, 5) is 11.9. The molecule has 0 aromatic heterocycles. The SMILES string of the molecule is C=CC(=O)OC(COc1c2ccccc2cc2ccc(C)cc12)c1ccccc1. The van der Waals surface area contributed by atoms with E-state index in [9.17, 15) is 4.79 Å². The molecule has 0 bridgehead atoms. The summed E-state index contributed by atoms with van der Waals surface area (Å²) in [5, 5.41) is 4.31. The fourth-order valence-corrected chi connectivity index (χ4v) is 3.50. The lowest BCUT2D eigenvalue weighted by Crippen LogP contribution is -2.17. The number of hydrogen-bond acceptors (Lipinski definition) is 3. The summed E-state index contributed by atoms with van der Waals surface area (Å²) in [6, 6.07) is 26.3. The van der Waals surface area contributed by atoms with Crippen molar-refractivity contribution < 1.29 is 14.3 Å². The second-order valence-corrected chi connectivity index (χ2v) is 7.00. The molecule has 4 rings (SSSR count). The highest BCUT2D eigenvalue weighted by Gasteiger charge is 2.18. The van der Waals surface area contributed by atoms with Gasteiger partial charge in [-0.25, -0.2) is 4.79 Å². The van der Waals surface area contributed by atoms with E-state index in [-0.39, 0.29) is 6.61 Å². The Morgan fingerprint density at radius 2 is 1.66 bits per heavy atom. The highest BCUT2D eigenvalue weighted by Crippen LogP contribution is 2.36. The first-order valence-corrected chi connectivity index (χ1v) is 9.58. The van der Waals surface area contributed by atoms with E-state index < -0.39 is 12.1 Å². The summed E-state index contributed by atoms with van der Waals surface area (Å²) in [6.07, 6.45) is 0.646. The Labute approximate surface area is 170 Å². The molecule has 3 nitrogen and oxygen atoms in total. The Morgan fingerprint density at radius 1 is 0.931 bits per heavy atom. The molecule has 0 saturated heterocycles. The summed E-state index contributed by atoms with van der Waals surface area (Å²) in [5.74, 6) is 0.332. The summed E-state index contributed by atoms with van der Waals surface area (Å²) >= 11 is 0. The molecule has 0 radical (unpaired) electrons. The minimum Gasteiger partial charge on any atom is -0.488 e. The van der Waals surface area contributed by atoms with Crippen molar-refractivity contribution in [3.8, 4) is 5.75 Å². The summed E-state index contributed by atoms with van der Waals surface area (Å²) in [6.45, 7) is 5.78. The molecule has 4 aromatic carbocycles. The maximum atomic E-state index is 11.9. The zero-order chi connectivity index (χ0) is 20.2. The van der Waals surface area contributed by atoms with Gasteiger partial charge in [-0.2, -0.15) is 0 Å². The van der Waals surface area contributed by atoms with E-state index in [1.165, 1.54) is 6.08 Å². The maximum Gasteiger partial charge on any atom is 0.330 e. The second kappa shape index (κ2) is 8.19. The van der Waals surface area contributed by atoms with E-state index in [0.29, 0.717) is 0 Å². The molecule has 0 spiro atoms. The lowest BCUT2D eigenvalue weighted by atomic mass is 10.0. The van der Waals surface area contributed by atoms with Crippen LogP contribution in [-0.2, 0) is 9.53 Å². The average molecular weight is 382 g/mol. The summed E-state index contributed by atoms with van der Waals surface area (Å²) in [7, 11) is 0. The predicted octanol–water partition coefficient (Wildman–Crippen LogP) is 6.15. The minimum absolute atomic E-state index is 0.209. The van der Waals surface area contributed by atoms with Gasteiger partial charge >= 0.3 is 5.97 Å². The Kier molecular flexibility index (Phi) is 5.30. The lowest BCUT2D eigenvalue weighted by molar-refractivity contribution is -0.144. The maximum absolute atomic E-state index is 11.9. The van der Waals surface area contributed by atoms with Crippen molar-refractivity contribution in [1.82, 2.24) is 0 Å². The molecule has 144 valence electrons. The number of rotatable bonds is 6. The molecule has 0 saturated carbocycles. The molecule has 3 heteroatoms. The van der Waals surface area contributed by atoms with Crippen molar-refractivity contribution >= 4 is 27.5 Å². The van der Waals surface area contributed by atoms with Gasteiger partial charge in [0.25, 0.3) is 0 Å². The molecule has 0 aliphatic carbocycles. The average Bonchev–Trinajstić information content (AvgIpc) is 2.76. The fraction of sp³-hybridized carbons (Fsp3) is 0.115. The lowest BCUT2D eigenvalue weighted by Gasteiger charge is -2.20. The zero-order valence-electron chi connectivity index (χ0n) is 16.3. The normalized spacial score (nSPS) is 11.9. The second-order valence-electron chi connectivity index (χ2n) is 7.00. The quantitative estimate of drug-likeness (QED) is 0.228. The van der Waals surface area contributed by atoms with Crippen molar-refractivity contribution in [3.05, 3.63) is 103 Å². The van der Waals surface area contributed by atoms with Gasteiger partial charge in [0, 0.05) is 16.8 Å². The molecule has 1 atom stereocenters. The van der Waals surface area contributed by atoms with Gasteiger partial charge in [-0.05, 0) is 35.4 Å². The summed E-state index contributed by atoms with van der Waals surface area (Å²) < 4.78 is 11.9. The number of hydrogen-bond donors (Lipinski definition) is 0. The first-order chi connectivity index (χ1) is 14.2. The van der Waals surface area contributed by atoms with Crippen LogP contribution in [0.2, 0.25) is 0 Å². The molecular formula is C26H22O3. The Balaban J connectivity index is 1.75. The third-order valence-electron chi connectivity index (χ3n) is 4.95. The van der Waals surface area contributed by atoms with E-state index in [2.05, 4.69) is 49.9 Å². The van der Waals surface area contributed by atoms with Crippen molar-refractivity contribution in [2.24, 2.45) is 0 Å². The monoisotopic (exact) mass is 382 g/mol. The molecule has 0 aliphatic heterocycles. The van der Waals surface area contributed by atoms with E-state index in [4.69, 9.17) is 9.47 Å². The zero-order valence-corrected chi connectivity index (χ0v) is 16.3. The summed E-state index contributed by atoms with van der Waals surface area (Å²) in [5.41, 5.74) is 2.04. The van der Waals surface area contributed by atoms with Gasteiger partial charge in [-0.3, -0.25) is 0 Å². The predicted molar refractivity (Wildman–Crippen MR) is 117 cm³/mol. The van der Waals surface area contributed by atoms with Gasteiger partial charge in [-0.1, -0.05) is 78.9 Å². The van der Waals surface area contributed by atoms with Crippen LogP contribution in [-0.4, -0.2) is 12.6 Å². The van der Waals surface area contributed by atoms with E-state index in [1.807, 2.05) is 42.5 Å². The molecule has 29 heavy (non-hydrogen) atoms. The third kappa shape index (κ3) is 3.99. The largest absolute Gasteiger partial charge is 0.488 e. The van der Waals surface area contributed by atoms with Crippen molar-refractivity contribution in [3.63, 3.8) is 0 Å². The van der Waals surface area contributed by atoms with E-state index >= 15 is 0 Å². The number of fused-ring (bicyclic) bond motifs is 2. The molecule has 0 fully saturated rings. The third-order valence-corrected chi connectivity index (χ3v) is 4.95. The molecular weight excluding hydrogens is 360 g/mol. The first-order valence-electron chi connectivity index (χ1n) is 9.58. The van der Waals surface area contributed by atoms with Gasteiger partial charge in [0.05, 0.1) is 0 Å². The standard InChI is InChI=1S/C26H22O3/c1-3-25(27)29-24(19-9-5-4-6-10-19)17-28-26-22-12-8-7-11-20(22)16-21-14-13-18(2)15-23(21)26/h3-16,24H,1,17H2,2H3.